The van der Waals surface area contributed by atoms with E-state index in [1.807, 2.05) is 36.4 Å². The van der Waals surface area contributed by atoms with Crippen LogP contribution in [0.3, 0.4) is 0 Å². The molecule has 0 heterocycles. The Hall–Kier alpha value is -1.87. The number of anilines is 1. The second-order valence-corrected chi connectivity index (χ2v) is 5.26. The van der Waals surface area contributed by atoms with E-state index >= 15 is 0 Å². The first kappa shape index (κ1) is 14.5. The van der Waals surface area contributed by atoms with Crippen molar-refractivity contribution in [2.75, 3.05) is 11.9 Å². The molecule has 0 aliphatic heterocycles. The third kappa shape index (κ3) is 4.67. The van der Waals surface area contributed by atoms with Crippen molar-refractivity contribution in [1.82, 2.24) is 5.32 Å². The van der Waals surface area contributed by atoms with Crippen molar-refractivity contribution in [1.29, 1.82) is 0 Å². The van der Waals surface area contributed by atoms with Gasteiger partial charge in [-0.2, -0.15) is 0 Å². The summed E-state index contributed by atoms with van der Waals surface area (Å²) in [5, 5.41) is 7.11. The minimum atomic E-state index is 0.531. The second-order valence-electron chi connectivity index (χ2n) is 4.85. The molecule has 0 bridgehead atoms. The lowest BCUT2D eigenvalue weighted by Crippen LogP contribution is -2.29. The fraction of sp³-hybridized carbons (Fsp3) is 0.235. The van der Waals surface area contributed by atoms with E-state index in [9.17, 15) is 0 Å². The van der Waals surface area contributed by atoms with Crippen LogP contribution in [0.4, 0.5) is 5.69 Å². The Morgan fingerprint density at radius 3 is 2.25 bits per heavy atom. The Balaban J connectivity index is 1.72. The molecule has 0 fully saturated rings. The fourth-order valence-electron chi connectivity index (χ4n) is 2.05. The summed E-state index contributed by atoms with van der Waals surface area (Å²) in [4.78, 5) is 0. The lowest BCUT2D eigenvalue weighted by Gasteiger charge is -2.14. The van der Waals surface area contributed by atoms with Gasteiger partial charge in [-0.15, -0.1) is 0 Å². The topological polar surface area (TPSA) is 24.1 Å². The van der Waals surface area contributed by atoms with Gasteiger partial charge in [-0.25, -0.2) is 0 Å². The summed E-state index contributed by atoms with van der Waals surface area (Å²) in [5.41, 5.74) is 2.39. The van der Waals surface area contributed by atoms with E-state index < -0.39 is 0 Å². The minimum Gasteiger partial charge on any atom is -0.362 e. The summed E-state index contributed by atoms with van der Waals surface area (Å²) in [6.07, 6.45) is 1.06. The Bertz CT molecular complexity index is 525. The molecule has 2 nitrogen and oxygen atoms in total. The van der Waals surface area contributed by atoms with Gasteiger partial charge in [0.2, 0.25) is 0 Å². The highest BCUT2D eigenvalue weighted by molar-refractivity contribution is 7.80. The van der Waals surface area contributed by atoms with Crippen LogP contribution >= 0.6 is 12.2 Å². The number of hydrogen-bond donors (Lipinski definition) is 2. The molecule has 0 amide bonds. The molecule has 2 N–H and O–H groups in total. The van der Waals surface area contributed by atoms with Crippen molar-refractivity contribution in [2.24, 2.45) is 0 Å². The Kier molecular flexibility index (Phi) is 5.56. The second kappa shape index (κ2) is 7.65. The van der Waals surface area contributed by atoms with Gasteiger partial charge < -0.3 is 10.6 Å². The van der Waals surface area contributed by atoms with Gasteiger partial charge in [0, 0.05) is 12.2 Å². The molecule has 20 heavy (non-hydrogen) atoms. The number of rotatable bonds is 5. The normalized spacial score (nSPS) is 11.7. The summed E-state index contributed by atoms with van der Waals surface area (Å²) in [6, 6.07) is 20.5. The van der Waals surface area contributed by atoms with E-state index in [2.05, 4.69) is 41.8 Å². The molecule has 0 saturated carbocycles. The molecule has 2 aromatic rings. The predicted octanol–water partition coefficient (Wildman–Crippen LogP) is 4.17. The summed E-state index contributed by atoms with van der Waals surface area (Å²) in [5.74, 6) is 0.531. The van der Waals surface area contributed by atoms with Gasteiger partial charge in [0.25, 0.3) is 0 Å². The van der Waals surface area contributed by atoms with Crippen LogP contribution in [-0.4, -0.2) is 11.7 Å². The first-order chi connectivity index (χ1) is 9.75. The maximum atomic E-state index is 5.28. The maximum absolute atomic E-state index is 5.28. The van der Waals surface area contributed by atoms with Crippen molar-refractivity contribution in [3.63, 3.8) is 0 Å². The van der Waals surface area contributed by atoms with E-state index in [0.29, 0.717) is 11.0 Å². The molecule has 0 aliphatic rings. The van der Waals surface area contributed by atoms with Gasteiger partial charge in [-0.1, -0.05) is 55.5 Å². The third-order valence-corrected chi connectivity index (χ3v) is 3.51. The van der Waals surface area contributed by atoms with Crippen LogP contribution in [0, 0.1) is 0 Å². The average Bonchev–Trinajstić information content (AvgIpc) is 2.49. The molecule has 0 aliphatic carbocycles. The molecule has 0 spiro atoms. The van der Waals surface area contributed by atoms with Crippen LogP contribution in [-0.2, 0) is 0 Å². The summed E-state index contributed by atoms with van der Waals surface area (Å²) in [7, 11) is 0. The zero-order valence-corrected chi connectivity index (χ0v) is 12.5. The number of benzene rings is 2. The number of hydrogen-bond acceptors (Lipinski definition) is 1. The van der Waals surface area contributed by atoms with E-state index in [4.69, 9.17) is 12.2 Å². The van der Waals surface area contributed by atoms with Gasteiger partial charge in [0.05, 0.1) is 0 Å². The molecule has 0 radical (unpaired) electrons. The Labute approximate surface area is 126 Å². The molecular formula is C17H20N2S. The zero-order chi connectivity index (χ0) is 14.2. The maximum Gasteiger partial charge on any atom is 0.170 e. The van der Waals surface area contributed by atoms with E-state index in [0.717, 1.165) is 18.7 Å². The molecule has 0 saturated heterocycles. The molecule has 104 valence electrons. The molecule has 3 heteroatoms. The summed E-state index contributed by atoms with van der Waals surface area (Å²) in [6.45, 7) is 3.11. The molecule has 0 aromatic heterocycles. The van der Waals surface area contributed by atoms with Crippen LogP contribution in [0.5, 0.6) is 0 Å². The van der Waals surface area contributed by atoms with Crippen molar-refractivity contribution < 1.29 is 0 Å². The van der Waals surface area contributed by atoms with Gasteiger partial charge in [0.1, 0.15) is 0 Å². The largest absolute Gasteiger partial charge is 0.362 e. The average molecular weight is 284 g/mol. The van der Waals surface area contributed by atoms with Crippen molar-refractivity contribution in [3.05, 3.63) is 66.2 Å². The zero-order valence-electron chi connectivity index (χ0n) is 11.7. The molecule has 2 aromatic carbocycles. The van der Waals surface area contributed by atoms with Crippen LogP contribution < -0.4 is 10.6 Å². The van der Waals surface area contributed by atoms with E-state index in [1.54, 1.807) is 0 Å². The Morgan fingerprint density at radius 2 is 1.60 bits per heavy atom. The smallest absolute Gasteiger partial charge is 0.170 e. The van der Waals surface area contributed by atoms with E-state index in [1.165, 1.54) is 5.56 Å². The Morgan fingerprint density at radius 1 is 1.00 bits per heavy atom. The van der Waals surface area contributed by atoms with Crippen LogP contribution in [0.15, 0.2) is 60.7 Å². The SMILES string of the molecule is CC(CCNC(=S)Nc1ccccc1)c1ccccc1. The standard InChI is InChI=1S/C17H20N2S/c1-14(15-8-4-2-5-9-15)12-13-18-17(20)19-16-10-6-3-7-11-16/h2-11,14H,12-13H2,1H3,(H2,18,19,20). The van der Waals surface area contributed by atoms with Crippen LogP contribution in [0.25, 0.3) is 0 Å². The predicted molar refractivity (Wildman–Crippen MR) is 90.1 cm³/mol. The third-order valence-electron chi connectivity index (χ3n) is 3.26. The number of thiocarbonyl (C=S) groups is 1. The lowest BCUT2D eigenvalue weighted by molar-refractivity contribution is 0.663. The molecular weight excluding hydrogens is 264 g/mol. The van der Waals surface area contributed by atoms with Gasteiger partial charge in [0.15, 0.2) is 5.11 Å². The summed E-state index contributed by atoms with van der Waals surface area (Å²) >= 11 is 5.28. The van der Waals surface area contributed by atoms with Crippen molar-refractivity contribution >= 4 is 23.0 Å². The number of para-hydroxylation sites is 1. The van der Waals surface area contributed by atoms with Gasteiger partial charge in [-0.3, -0.25) is 0 Å². The quantitative estimate of drug-likeness (QED) is 0.806. The molecule has 1 atom stereocenters. The number of nitrogens with one attached hydrogen (secondary N) is 2. The highest BCUT2D eigenvalue weighted by Crippen LogP contribution is 2.17. The van der Waals surface area contributed by atoms with Gasteiger partial charge in [-0.05, 0) is 42.3 Å². The van der Waals surface area contributed by atoms with Crippen molar-refractivity contribution in [3.8, 4) is 0 Å². The van der Waals surface area contributed by atoms with Gasteiger partial charge >= 0.3 is 0 Å². The molecule has 1 unspecified atom stereocenters. The highest BCUT2D eigenvalue weighted by Gasteiger charge is 2.04. The van der Waals surface area contributed by atoms with Crippen molar-refractivity contribution in [2.45, 2.75) is 19.3 Å². The van der Waals surface area contributed by atoms with Crippen LogP contribution in [0.1, 0.15) is 24.8 Å². The monoisotopic (exact) mass is 284 g/mol. The van der Waals surface area contributed by atoms with E-state index in [-0.39, 0.29) is 0 Å². The molecule has 2 rings (SSSR count). The first-order valence-electron chi connectivity index (χ1n) is 6.90. The fourth-order valence-corrected chi connectivity index (χ4v) is 2.27. The highest BCUT2D eigenvalue weighted by atomic mass is 32.1. The lowest BCUT2D eigenvalue weighted by atomic mass is 9.98. The summed E-state index contributed by atoms with van der Waals surface area (Å²) < 4.78 is 0. The van der Waals surface area contributed by atoms with Crippen LogP contribution in [0.2, 0.25) is 0 Å². The first-order valence-corrected chi connectivity index (χ1v) is 7.31. The minimum absolute atomic E-state index is 0.531.